The Labute approximate surface area is 183 Å². The maximum atomic E-state index is 7.50. The van der Waals surface area contributed by atoms with Crippen LogP contribution in [0.15, 0.2) is 29.2 Å². The molecule has 0 unspecified atom stereocenters. The van der Waals surface area contributed by atoms with Gasteiger partial charge in [-0.3, -0.25) is 4.90 Å². The van der Waals surface area contributed by atoms with Crippen molar-refractivity contribution in [2.24, 2.45) is 0 Å². The minimum Gasteiger partial charge on any atom is 0 e. The zero-order valence-electron chi connectivity index (χ0n) is 16.8. The molecule has 0 bridgehead atoms. The van der Waals surface area contributed by atoms with Crippen LogP contribution in [0, 0.1) is 20.0 Å². The van der Waals surface area contributed by atoms with E-state index in [4.69, 9.17) is 18.7 Å². The van der Waals surface area contributed by atoms with Crippen LogP contribution in [0.5, 0.6) is 0 Å². The third kappa shape index (κ3) is 7.25. The molecular formula is C21H27CrNO4S. The molecule has 1 saturated heterocycles. The van der Waals surface area contributed by atoms with Gasteiger partial charge in [0.2, 0.25) is 0 Å². The van der Waals surface area contributed by atoms with Crippen molar-refractivity contribution < 1.29 is 36.1 Å². The summed E-state index contributed by atoms with van der Waals surface area (Å²) >= 11 is 1.82. The minimum absolute atomic E-state index is 0. The van der Waals surface area contributed by atoms with Crippen LogP contribution in [-0.2, 0) is 36.1 Å². The smallest absolute Gasteiger partial charge is 0 e. The van der Waals surface area contributed by atoms with Crippen LogP contribution in [0.4, 0.5) is 0 Å². The van der Waals surface area contributed by atoms with E-state index in [2.05, 4.69) is 76.1 Å². The Morgan fingerprint density at radius 1 is 1.00 bits per heavy atom. The predicted octanol–water partition coefficient (Wildman–Crippen LogP) is 4.73. The third-order valence-corrected chi connectivity index (χ3v) is 5.57. The fourth-order valence-electron chi connectivity index (χ4n) is 3.90. The minimum atomic E-state index is 0. The Hall–Kier alpha value is -0.758. The second-order valence-corrected chi connectivity index (χ2v) is 8.05. The molecule has 0 N–H and O–H groups in total. The van der Waals surface area contributed by atoms with Crippen LogP contribution in [0.1, 0.15) is 58.2 Å². The summed E-state index contributed by atoms with van der Waals surface area (Å²) in [6.45, 7) is 20.5. The van der Waals surface area contributed by atoms with E-state index in [1.165, 1.54) is 36.1 Å². The summed E-state index contributed by atoms with van der Waals surface area (Å²) in [6, 6.07) is 9.30. The van der Waals surface area contributed by atoms with E-state index in [1.807, 2.05) is 11.8 Å². The van der Waals surface area contributed by atoms with Crippen molar-refractivity contribution in [3.8, 4) is 0 Å². The fourth-order valence-corrected chi connectivity index (χ4v) is 4.52. The maximum Gasteiger partial charge on any atom is 0 e. The van der Waals surface area contributed by atoms with Gasteiger partial charge in [0.15, 0.2) is 0 Å². The summed E-state index contributed by atoms with van der Waals surface area (Å²) < 4.78 is 29.0. The Balaban J connectivity index is 0. The molecule has 1 aliphatic heterocycles. The van der Waals surface area contributed by atoms with E-state index in [0.29, 0.717) is 12.1 Å². The molecule has 0 amide bonds. The second kappa shape index (κ2) is 15.1. The van der Waals surface area contributed by atoms with E-state index in [1.54, 1.807) is 0 Å². The van der Waals surface area contributed by atoms with E-state index in [-0.39, 0.29) is 29.1 Å². The van der Waals surface area contributed by atoms with Gasteiger partial charge in [0.1, 0.15) is 6.23 Å². The number of hydrogen-bond donors (Lipinski definition) is 0. The average Bonchev–Trinajstić information content (AvgIpc) is 3.12. The van der Waals surface area contributed by atoms with Crippen molar-refractivity contribution in [1.29, 1.82) is 0 Å². The Kier molecular flexibility index (Phi) is 15.9. The Bertz CT molecular complexity index is 613. The van der Waals surface area contributed by atoms with Crippen LogP contribution in [0.2, 0.25) is 0 Å². The van der Waals surface area contributed by atoms with Crippen molar-refractivity contribution >= 4 is 11.8 Å². The summed E-state index contributed by atoms with van der Waals surface area (Å²) in [5.41, 5.74) is 1.47. The number of fused-ring (bicyclic) bond motifs is 1. The Morgan fingerprint density at radius 3 is 2.07 bits per heavy atom. The molecular weight excluding hydrogens is 414 g/mol. The average molecular weight is 442 g/mol. The summed E-state index contributed by atoms with van der Waals surface area (Å²) in [7, 11) is 0. The predicted molar refractivity (Wildman–Crippen MR) is 101 cm³/mol. The maximum absolute atomic E-state index is 7.50. The van der Waals surface area contributed by atoms with E-state index in [0.717, 1.165) is 0 Å². The van der Waals surface area contributed by atoms with Gasteiger partial charge >= 0.3 is 33.9 Å². The summed E-state index contributed by atoms with van der Waals surface area (Å²) in [5.74, 6) is 0. The van der Waals surface area contributed by atoms with E-state index >= 15 is 0 Å². The van der Waals surface area contributed by atoms with Gasteiger partial charge in [0.25, 0.3) is 0 Å². The topological polar surface area (TPSA) is 72.2 Å². The number of thioether (sulfide) groups is 1. The largest absolute Gasteiger partial charge is 0 e. The van der Waals surface area contributed by atoms with Crippen molar-refractivity contribution in [1.82, 2.24) is 4.90 Å². The van der Waals surface area contributed by atoms with Crippen LogP contribution in [0.3, 0.4) is 0 Å². The molecule has 0 radical (unpaired) electrons. The van der Waals surface area contributed by atoms with Gasteiger partial charge < -0.3 is 4.74 Å². The first kappa shape index (κ1) is 29.4. The first-order chi connectivity index (χ1) is 13.0. The molecule has 5 nitrogen and oxygen atoms in total. The molecule has 1 aromatic rings. The molecule has 1 aliphatic carbocycles. The molecule has 3 rings (SSSR count). The van der Waals surface area contributed by atoms with Crippen LogP contribution in [0.25, 0.3) is 0 Å². The quantitative estimate of drug-likeness (QED) is 0.378. The number of hydrogen-bond acceptors (Lipinski definition) is 3. The van der Waals surface area contributed by atoms with Gasteiger partial charge in [-0.1, -0.05) is 31.0 Å². The van der Waals surface area contributed by atoms with Gasteiger partial charge in [-0.25, -0.2) is 0 Å². The van der Waals surface area contributed by atoms with E-state index < -0.39 is 0 Å². The van der Waals surface area contributed by atoms with Gasteiger partial charge in [-0.05, 0) is 45.9 Å². The monoisotopic (exact) mass is 441 g/mol. The zero-order chi connectivity index (χ0) is 21.0. The number of rotatable bonds is 2. The van der Waals surface area contributed by atoms with Crippen molar-refractivity contribution in [3.05, 3.63) is 49.8 Å². The van der Waals surface area contributed by atoms with Gasteiger partial charge in [0, 0.05) is 39.4 Å². The molecule has 28 heavy (non-hydrogen) atoms. The number of ether oxygens (including phenoxy) is 1. The first-order valence-electron chi connectivity index (χ1n) is 8.70. The van der Waals surface area contributed by atoms with Gasteiger partial charge in [-0.15, -0.1) is 11.8 Å². The third-order valence-electron chi connectivity index (χ3n) is 4.76. The standard InChI is InChI=1S/C18H27NOS.3CO.Cr/c1-18(2,3)19-14-10-6-7-11-15(14)20-17(19)13-9-5-8-12-16(13)21-4;3*1-2;/h5,8-9,12,14-15,17H,6-7,10-11H2,1-4H3;;;;/t14-,15-,17+;;;;/m1..../s1. The van der Waals surface area contributed by atoms with Crippen molar-refractivity contribution in [2.75, 3.05) is 6.26 Å². The molecule has 7 heteroatoms. The molecule has 1 aromatic carbocycles. The van der Waals surface area contributed by atoms with Crippen LogP contribution < -0.4 is 0 Å². The first-order valence-corrected chi connectivity index (χ1v) is 9.93. The summed E-state index contributed by atoms with van der Waals surface area (Å²) in [6.07, 6.45) is 7.83. The molecule has 0 aromatic heterocycles. The molecule has 2 fully saturated rings. The zero-order valence-corrected chi connectivity index (χ0v) is 18.9. The summed E-state index contributed by atoms with van der Waals surface area (Å²) in [4.78, 5) is 3.97. The van der Waals surface area contributed by atoms with Gasteiger partial charge in [0.05, 0.1) is 6.10 Å². The summed E-state index contributed by atoms with van der Waals surface area (Å²) in [5, 5.41) is 0. The van der Waals surface area contributed by atoms with Crippen LogP contribution >= 0.6 is 11.8 Å². The van der Waals surface area contributed by atoms with Crippen LogP contribution in [-0.4, -0.2) is 28.8 Å². The normalized spacial score (nSPS) is 23.0. The fraction of sp³-hybridized carbons (Fsp3) is 0.571. The molecule has 1 saturated carbocycles. The molecule has 3 atom stereocenters. The Morgan fingerprint density at radius 2 is 1.54 bits per heavy atom. The molecule has 2 aliphatic rings. The molecule has 0 spiro atoms. The number of benzene rings is 1. The van der Waals surface area contributed by atoms with Crippen molar-refractivity contribution in [3.63, 3.8) is 0 Å². The van der Waals surface area contributed by atoms with Gasteiger partial charge in [-0.2, -0.15) is 0 Å². The molecule has 1 heterocycles. The van der Waals surface area contributed by atoms with E-state index in [9.17, 15) is 0 Å². The SMILES string of the molecule is CSc1ccccc1[C@@H]1O[C@@H]2CCCC[C@H]2N1C(C)(C)C.[C-]#[O+].[C-]#[O+].[C-]#[O+].[Cr]. The second-order valence-electron chi connectivity index (χ2n) is 7.20. The number of nitrogens with zero attached hydrogens (tertiary/aromatic N) is 1. The molecule has 152 valence electrons. The van der Waals surface area contributed by atoms with Crippen molar-refractivity contribution in [2.45, 2.75) is 75.3 Å².